The Morgan fingerprint density at radius 3 is 2.39 bits per heavy atom. The fourth-order valence-corrected chi connectivity index (χ4v) is 7.74. The van der Waals surface area contributed by atoms with Crippen molar-refractivity contribution in [1.82, 2.24) is 14.9 Å². The van der Waals surface area contributed by atoms with Crippen molar-refractivity contribution in [3.05, 3.63) is 46.8 Å². The molecule has 0 unspecified atom stereocenters. The Hall–Kier alpha value is -3.33. The number of rotatable bonds is 5. The predicted octanol–water partition coefficient (Wildman–Crippen LogP) is 4.88. The summed E-state index contributed by atoms with van der Waals surface area (Å²) >= 11 is 0. The molecule has 1 aromatic heterocycles. The minimum Gasteiger partial charge on any atom is -0.496 e. The summed E-state index contributed by atoms with van der Waals surface area (Å²) in [4.78, 5) is 22.5. The van der Waals surface area contributed by atoms with Crippen LogP contribution in [0.3, 0.4) is 0 Å². The van der Waals surface area contributed by atoms with Crippen molar-refractivity contribution in [3.63, 3.8) is 0 Å². The lowest BCUT2D eigenvalue weighted by atomic mass is 9.96. The van der Waals surface area contributed by atoms with Crippen LogP contribution in [0.5, 0.6) is 5.75 Å². The molecule has 1 fully saturated rings. The maximum absolute atomic E-state index is 14.1. The van der Waals surface area contributed by atoms with E-state index in [0.29, 0.717) is 64.6 Å². The lowest BCUT2D eigenvalue weighted by molar-refractivity contribution is -0.138. The second-order valence-corrected chi connectivity index (χ2v) is 12.8. The number of aryl methyl sites for hydroxylation is 1. The number of hydrogen-bond donors (Lipinski definition) is 2. The van der Waals surface area contributed by atoms with Gasteiger partial charge in [0.2, 0.25) is 5.91 Å². The molecule has 1 atom stereocenters. The number of carbonyl (C=O) groups excluding carboxylic acids is 1. The molecule has 2 aromatic carbocycles. The Morgan fingerprint density at radius 1 is 1.16 bits per heavy atom. The van der Waals surface area contributed by atoms with Gasteiger partial charge in [-0.2, -0.15) is 13.2 Å². The fourth-order valence-electron chi connectivity index (χ4n) is 4.98. The van der Waals surface area contributed by atoms with E-state index >= 15 is 0 Å². The molecule has 8 nitrogen and oxygen atoms in total. The monoisotopic (exact) mass is 549 g/mol. The van der Waals surface area contributed by atoms with Gasteiger partial charge in [-0.05, 0) is 50.1 Å². The largest absolute Gasteiger partial charge is 0.496 e. The third-order valence-corrected chi connectivity index (χ3v) is 10.1. The number of fused-ring (bicyclic) bond motifs is 1. The third kappa shape index (κ3) is 5.29. The van der Waals surface area contributed by atoms with Crippen molar-refractivity contribution >= 4 is 40.8 Å². The van der Waals surface area contributed by atoms with Crippen molar-refractivity contribution in [2.75, 3.05) is 43.6 Å². The quantitative estimate of drug-likeness (QED) is 0.345. The highest BCUT2D eigenvalue weighted by Gasteiger charge is 2.35. The second kappa shape index (κ2) is 10.1. The molecule has 2 heterocycles. The summed E-state index contributed by atoms with van der Waals surface area (Å²) in [5.74, 6) is 1.23. The lowest BCUT2D eigenvalue weighted by Crippen LogP contribution is -2.40. The number of anilines is 2. The highest BCUT2D eigenvalue weighted by Crippen LogP contribution is 2.49. The molecule has 1 aliphatic heterocycles. The zero-order valence-corrected chi connectivity index (χ0v) is 22.8. The predicted molar refractivity (Wildman–Crippen MR) is 143 cm³/mol. The number of nitrogens with two attached hydrogens (primary N) is 1. The van der Waals surface area contributed by atoms with E-state index < -0.39 is 24.9 Å². The number of nitrogens with zero attached hydrogens (tertiary/aromatic N) is 3. The minimum atomic E-state index is -4.54. The molecule has 0 saturated carbocycles. The van der Waals surface area contributed by atoms with E-state index in [4.69, 9.17) is 10.5 Å². The van der Waals surface area contributed by atoms with Crippen LogP contribution in [-0.4, -0.2) is 53.3 Å². The first-order valence-corrected chi connectivity index (χ1v) is 14.3. The van der Waals surface area contributed by atoms with Crippen LogP contribution in [0.2, 0.25) is 0 Å². The van der Waals surface area contributed by atoms with E-state index in [0.717, 1.165) is 6.07 Å². The van der Waals surface area contributed by atoms with Crippen molar-refractivity contribution in [1.29, 1.82) is 0 Å². The molecule has 38 heavy (non-hydrogen) atoms. The molecule has 1 amide bonds. The smallest absolute Gasteiger partial charge is 0.416 e. The zero-order chi connectivity index (χ0) is 28.0. The Morgan fingerprint density at radius 2 is 1.82 bits per heavy atom. The number of nitrogen functional groups attached to an aromatic ring is 1. The van der Waals surface area contributed by atoms with Crippen molar-refractivity contribution in [2.24, 2.45) is 0 Å². The molecule has 12 heteroatoms. The Kier molecular flexibility index (Phi) is 7.36. The molecular weight excluding hydrogens is 518 g/mol. The molecule has 1 aliphatic rings. The van der Waals surface area contributed by atoms with Gasteiger partial charge in [0.25, 0.3) is 0 Å². The van der Waals surface area contributed by atoms with Crippen LogP contribution in [0.1, 0.15) is 42.4 Å². The van der Waals surface area contributed by atoms with Gasteiger partial charge in [0.15, 0.2) is 0 Å². The molecule has 4 rings (SSSR count). The van der Waals surface area contributed by atoms with Crippen LogP contribution in [-0.2, 0) is 15.5 Å². The molecule has 0 spiro atoms. The van der Waals surface area contributed by atoms with E-state index in [1.807, 2.05) is 0 Å². The molecule has 0 aliphatic carbocycles. The number of aromatic nitrogens is 2. The van der Waals surface area contributed by atoms with Crippen LogP contribution in [0.4, 0.5) is 24.7 Å². The third-order valence-electron chi connectivity index (χ3n) is 7.05. The van der Waals surface area contributed by atoms with Gasteiger partial charge in [0, 0.05) is 49.5 Å². The Labute approximate surface area is 219 Å². The van der Waals surface area contributed by atoms with E-state index in [9.17, 15) is 22.5 Å². The Balaban J connectivity index is 1.79. The van der Waals surface area contributed by atoms with Gasteiger partial charge >= 0.3 is 6.18 Å². The Bertz CT molecular complexity index is 1450. The highest BCUT2D eigenvalue weighted by molar-refractivity contribution is 7.72. The number of halogens is 3. The van der Waals surface area contributed by atoms with Crippen LogP contribution in [0.15, 0.2) is 24.3 Å². The van der Waals surface area contributed by atoms with Crippen LogP contribution in [0.25, 0.3) is 10.9 Å². The standard InChI is InChI=1S/C26H31F3N5O3P/c1-14-19(10-18(30)11-21(14)26(27,28)29)15(2)31-25-20-12-24(23(37-5)13-22(20)32-16(3)33-25)38(36)8-6-34(7-9-38)17(4)35/h10-13,15H,6-9,30H2,1-5H3,(H,31,32,33)/t15-/m1/s1. The molecule has 3 N–H and O–H groups in total. The average Bonchev–Trinajstić information content (AvgIpc) is 2.83. The molecule has 3 aromatic rings. The van der Waals surface area contributed by atoms with Crippen LogP contribution in [0, 0.1) is 13.8 Å². The SMILES string of the molecule is COc1cc2nc(C)nc(N[C@H](C)c3cc(N)cc(C(F)(F)F)c3C)c2cc1P1(=O)CCN(C(C)=O)CC1. The highest BCUT2D eigenvalue weighted by atomic mass is 31.2. The first-order chi connectivity index (χ1) is 17.7. The fraction of sp³-hybridized carbons (Fsp3) is 0.423. The molecule has 204 valence electrons. The van der Waals surface area contributed by atoms with Gasteiger partial charge in [-0.25, -0.2) is 9.97 Å². The van der Waals surface area contributed by atoms with Gasteiger partial charge in [0.1, 0.15) is 24.5 Å². The van der Waals surface area contributed by atoms with Crippen LogP contribution < -0.4 is 21.1 Å². The summed E-state index contributed by atoms with van der Waals surface area (Å²) in [6.07, 6.45) is -3.90. The molecule has 0 bridgehead atoms. The summed E-state index contributed by atoms with van der Waals surface area (Å²) in [7, 11) is -1.41. The number of ether oxygens (including phenoxy) is 1. The van der Waals surface area contributed by atoms with Gasteiger partial charge < -0.3 is 25.3 Å². The number of methoxy groups -OCH3 is 1. The topological polar surface area (TPSA) is 110 Å². The number of benzene rings is 2. The maximum Gasteiger partial charge on any atom is 0.416 e. The molecular formula is C26H31F3N5O3P. The van der Waals surface area contributed by atoms with Crippen molar-refractivity contribution in [2.45, 2.75) is 39.9 Å². The normalized spacial score (nSPS) is 16.4. The van der Waals surface area contributed by atoms with E-state index in [-0.39, 0.29) is 17.2 Å². The van der Waals surface area contributed by atoms with Gasteiger partial charge in [-0.15, -0.1) is 0 Å². The van der Waals surface area contributed by atoms with Crippen LogP contribution >= 0.6 is 7.14 Å². The van der Waals surface area contributed by atoms with Crippen molar-refractivity contribution in [3.8, 4) is 5.75 Å². The molecule has 1 saturated heterocycles. The maximum atomic E-state index is 14.1. The van der Waals surface area contributed by atoms with E-state index in [1.54, 1.807) is 30.9 Å². The number of amides is 1. The van der Waals surface area contributed by atoms with E-state index in [2.05, 4.69) is 15.3 Å². The van der Waals surface area contributed by atoms with Gasteiger partial charge in [0.05, 0.1) is 29.5 Å². The van der Waals surface area contributed by atoms with E-state index in [1.165, 1.54) is 27.0 Å². The summed E-state index contributed by atoms with van der Waals surface area (Å²) in [5, 5.41) is 4.34. The summed E-state index contributed by atoms with van der Waals surface area (Å²) < 4.78 is 60.5. The number of hydrogen-bond acceptors (Lipinski definition) is 7. The minimum absolute atomic E-state index is 0.0114. The zero-order valence-electron chi connectivity index (χ0n) is 21.9. The first kappa shape index (κ1) is 27.7. The summed E-state index contributed by atoms with van der Waals surface area (Å²) in [5.41, 5.74) is 6.06. The number of nitrogens with one attached hydrogen (secondary N) is 1. The molecule has 0 radical (unpaired) electrons. The number of alkyl halides is 3. The first-order valence-electron chi connectivity index (χ1n) is 12.2. The van der Waals surface area contributed by atoms with Crippen molar-refractivity contribution < 1.29 is 27.3 Å². The second-order valence-electron chi connectivity index (χ2n) is 9.65. The number of carbonyl (C=O) groups is 1. The lowest BCUT2D eigenvalue weighted by Gasteiger charge is -2.32. The summed E-state index contributed by atoms with van der Waals surface area (Å²) in [6.45, 7) is 7.12. The average molecular weight is 550 g/mol. The van der Waals surface area contributed by atoms with Gasteiger partial charge in [-0.1, -0.05) is 0 Å². The summed E-state index contributed by atoms with van der Waals surface area (Å²) in [6, 6.07) is 5.33. The van der Waals surface area contributed by atoms with Gasteiger partial charge in [-0.3, -0.25) is 4.79 Å².